The molecule has 1 amide bonds. The second kappa shape index (κ2) is 6.24. The number of nitrogens with one attached hydrogen (secondary N) is 2. The maximum absolute atomic E-state index is 12.0. The molecule has 0 aliphatic heterocycles. The van der Waals surface area contributed by atoms with Crippen LogP contribution in [-0.2, 0) is 10.0 Å². The van der Waals surface area contributed by atoms with Crippen molar-refractivity contribution in [1.82, 2.24) is 19.6 Å². The Morgan fingerprint density at radius 1 is 1.41 bits per heavy atom. The molecule has 2 aromatic rings. The van der Waals surface area contributed by atoms with Gasteiger partial charge in [0.05, 0.1) is 11.8 Å². The Balaban J connectivity index is 2.05. The molecule has 0 saturated heterocycles. The summed E-state index contributed by atoms with van der Waals surface area (Å²) < 4.78 is 23.6. The third-order valence-electron chi connectivity index (χ3n) is 3.12. The third kappa shape index (κ3) is 3.89. The van der Waals surface area contributed by atoms with Crippen LogP contribution in [0, 0.1) is 0 Å². The van der Waals surface area contributed by atoms with Crippen molar-refractivity contribution in [3.63, 3.8) is 0 Å². The molecule has 0 radical (unpaired) electrons. The standard InChI is InChI=1S/C13H16N4O4S/c1-17(22(2,20)21)6-5-14-13(19)11-7-10-9(8-15-11)3-4-12(18)16-10/h3-4,7-8H,5-6H2,1-2H3,(H,14,19)(H,16,18). The van der Waals surface area contributed by atoms with Crippen LogP contribution in [0.4, 0.5) is 0 Å². The highest BCUT2D eigenvalue weighted by molar-refractivity contribution is 7.88. The van der Waals surface area contributed by atoms with E-state index < -0.39 is 15.9 Å². The van der Waals surface area contributed by atoms with E-state index in [-0.39, 0.29) is 24.3 Å². The molecule has 0 aliphatic rings. The van der Waals surface area contributed by atoms with Crippen molar-refractivity contribution in [3.8, 4) is 0 Å². The molecule has 8 nitrogen and oxygen atoms in total. The van der Waals surface area contributed by atoms with E-state index in [9.17, 15) is 18.0 Å². The number of fused-ring (bicyclic) bond motifs is 1. The molecule has 0 aromatic carbocycles. The molecule has 0 bridgehead atoms. The molecule has 0 saturated carbocycles. The van der Waals surface area contributed by atoms with Gasteiger partial charge in [0.15, 0.2) is 0 Å². The molecule has 9 heteroatoms. The molecule has 0 fully saturated rings. The van der Waals surface area contributed by atoms with Gasteiger partial charge in [-0.2, -0.15) is 0 Å². The first-order valence-electron chi connectivity index (χ1n) is 6.46. The summed E-state index contributed by atoms with van der Waals surface area (Å²) in [6.07, 6.45) is 2.58. The number of rotatable bonds is 5. The maximum Gasteiger partial charge on any atom is 0.269 e. The van der Waals surface area contributed by atoms with Gasteiger partial charge in [0, 0.05) is 37.8 Å². The van der Waals surface area contributed by atoms with E-state index in [2.05, 4.69) is 15.3 Å². The number of carbonyl (C=O) groups is 1. The van der Waals surface area contributed by atoms with E-state index in [4.69, 9.17) is 0 Å². The van der Waals surface area contributed by atoms with Gasteiger partial charge in [-0.3, -0.25) is 14.6 Å². The van der Waals surface area contributed by atoms with Gasteiger partial charge in [-0.1, -0.05) is 0 Å². The summed E-state index contributed by atoms with van der Waals surface area (Å²) in [7, 11) is -1.84. The van der Waals surface area contributed by atoms with Gasteiger partial charge in [-0.25, -0.2) is 12.7 Å². The maximum atomic E-state index is 12.0. The molecule has 0 spiro atoms. The van der Waals surface area contributed by atoms with Crippen LogP contribution in [-0.4, -0.2) is 55.0 Å². The first-order valence-corrected chi connectivity index (χ1v) is 8.31. The van der Waals surface area contributed by atoms with Crippen molar-refractivity contribution in [2.45, 2.75) is 0 Å². The van der Waals surface area contributed by atoms with E-state index in [1.54, 1.807) is 6.07 Å². The summed E-state index contributed by atoms with van der Waals surface area (Å²) in [4.78, 5) is 29.9. The highest BCUT2D eigenvalue weighted by Crippen LogP contribution is 2.08. The number of pyridine rings is 2. The molecule has 2 aromatic heterocycles. The van der Waals surface area contributed by atoms with Crippen LogP contribution in [0.15, 0.2) is 29.2 Å². The number of amides is 1. The number of H-pyrrole nitrogens is 1. The number of sulfonamides is 1. The summed E-state index contributed by atoms with van der Waals surface area (Å²) in [5.41, 5.74) is 0.400. The molecule has 22 heavy (non-hydrogen) atoms. The lowest BCUT2D eigenvalue weighted by Crippen LogP contribution is -2.35. The van der Waals surface area contributed by atoms with Crippen molar-refractivity contribution < 1.29 is 13.2 Å². The van der Waals surface area contributed by atoms with Crippen LogP contribution >= 0.6 is 0 Å². The number of hydrogen-bond donors (Lipinski definition) is 2. The topological polar surface area (TPSA) is 112 Å². The Morgan fingerprint density at radius 3 is 2.82 bits per heavy atom. The minimum Gasteiger partial charge on any atom is -0.349 e. The van der Waals surface area contributed by atoms with Gasteiger partial charge in [0.2, 0.25) is 15.6 Å². The fourth-order valence-corrected chi connectivity index (χ4v) is 2.18. The Bertz CT molecular complexity index is 860. The summed E-state index contributed by atoms with van der Waals surface area (Å²) in [5.74, 6) is -0.437. The second-order valence-corrected chi connectivity index (χ2v) is 6.91. The lowest BCUT2D eigenvalue weighted by Gasteiger charge is -2.14. The monoisotopic (exact) mass is 324 g/mol. The Hall–Kier alpha value is -2.26. The number of aromatic amines is 1. The van der Waals surface area contributed by atoms with E-state index in [0.717, 1.165) is 10.6 Å². The molecule has 2 rings (SSSR count). The number of hydrogen-bond acceptors (Lipinski definition) is 5. The highest BCUT2D eigenvalue weighted by Gasteiger charge is 2.12. The number of nitrogens with zero attached hydrogens (tertiary/aromatic N) is 2. The number of aromatic nitrogens is 2. The minimum absolute atomic E-state index is 0.149. The zero-order chi connectivity index (χ0) is 16.3. The first-order chi connectivity index (χ1) is 10.3. The summed E-state index contributed by atoms with van der Waals surface area (Å²) in [5, 5.41) is 3.30. The van der Waals surface area contributed by atoms with Crippen LogP contribution < -0.4 is 10.9 Å². The predicted molar refractivity (Wildman–Crippen MR) is 82.2 cm³/mol. The van der Waals surface area contributed by atoms with Crippen molar-refractivity contribution in [2.24, 2.45) is 0 Å². The fourth-order valence-electron chi connectivity index (χ4n) is 1.75. The molecular formula is C13H16N4O4S. The van der Waals surface area contributed by atoms with Gasteiger partial charge in [0.1, 0.15) is 5.69 Å². The van der Waals surface area contributed by atoms with Crippen LogP contribution in [0.2, 0.25) is 0 Å². The minimum atomic E-state index is -3.27. The zero-order valence-electron chi connectivity index (χ0n) is 12.2. The lowest BCUT2D eigenvalue weighted by molar-refractivity contribution is 0.0947. The normalized spacial score (nSPS) is 11.8. The molecule has 118 valence electrons. The zero-order valence-corrected chi connectivity index (χ0v) is 13.0. The predicted octanol–water partition coefficient (Wildman–Crippen LogP) is -0.456. The van der Waals surface area contributed by atoms with E-state index in [1.807, 2.05) is 0 Å². The highest BCUT2D eigenvalue weighted by atomic mass is 32.2. The number of carbonyl (C=O) groups excluding carboxylic acids is 1. The molecule has 0 aliphatic carbocycles. The van der Waals surface area contributed by atoms with E-state index in [1.165, 1.54) is 25.4 Å². The van der Waals surface area contributed by atoms with Crippen molar-refractivity contribution in [2.75, 3.05) is 26.4 Å². The van der Waals surface area contributed by atoms with E-state index >= 15 is 0 Å². The van der Waals surface area contributed by atoms with Crippen molar-refractivity contribution >= 4 is 26.8 Å². The Kier molecular flexibility index (Phi) is 4.57. The summed E-state index contributed by atoms with van der Waals surface area (Å²) >= 11 is 0. The number of likely N-dealkylation sites (N-methyl/N-ethyl adjacent to an activating group) is 1. The summed E-state index contributed by atoms with van der Waals surface area (Å²) in [6.45, 7) is 0.322. The fraction of sp³-hybridized carbons (Fsp3) is 0.308. The average molecular weight is 324 g/mol. The van der Waals surface area contributed by atoms with Crippen molar-refractivity contribution in [3.05, 3.63) is 40.4 Å². The molecular weight excluding hydrogens is 308 g/mol. The molecule has 0 unspecified atom stereocenters. The summed E-state index contributed by atoms with van der Waals surface area (Å²) in [6, 6.07) is 4.47. The van der Waals surface area contributed by atoms with Gasteiger partial charge < -0.3 is 10.3 Å². The molecule has 2 N–H and O–H groups in total. The smallest absolute Gasteiger partial charge is 0.269 e. The van der Waals surface area contributed by atoms with Crippen molar-refractivity contribution in [1.29, 1.82) is 0 Å². The van der Waals surface area contributed by atoms with Gasteiger partial charge in [-0.05, 0) is 12.1 Å². The van der Waals surface area contributed by atoms with Crippen LogP contribution in [0.5, 0.6) is 0 Å². The average Bonchev–Trinajstić information content (AvgIpc) is 2.45. The Morgan fingerprint density at radius 2 is 2.14 bits per heavy atom. The lowest BCUT2D eigenvalue weighted by atomic mass is 10.2. The molecule has 0 atom stereocenters. The third-order valence-corrected chi connectivity index (χ3v) is 4.43. The SMILES string of the molecule is CN(CCNC(=O)c1cc2[nH]c(=O)ccc2cn1)S(C)(=O)=O. The van der Waals surface area contributed by atoms with Crippen LogP contribution in [0.25, 0.3) is 10.9 Å². The van der Waals surface area contributed by atoms with Crippen LogP contribution in [0.3, 0.4) is 0 Å². The Labute approximate surface area is 127 Å². The van der Waals surface area contributed by atoms with Gasteiger partial charge >= 0.3 is 0 Å². The second-order valence-electron chi connectivity index (χ2n) is 4.82. The van der Waals surface area contributed by atoms with Crippen LogP contribution in [0.1, 0.15) is 10.5 Å². The van der Waals surface area contributed by atoms with Gasteiger partial charge in [-0.15, -0.1) is 0 Å². The van der Waals surface area contributed by atoms with Gasteiger partial charge in [0.25, 0.3) is 5.91 Å². The first kappa shape index (κ1) is 16.1. The molecule has 2 heterocycles. The van der Waals surface area contributed by atoms with E-state index in [0.29, 0.717) is 10.9 Å². The quantitative estimate of drug-likeness (QED) is 0.773. The largest absolute Gasteiger partial charge is 0.349 e.